The first-order valence-electron chi connectivity index (χ1n) is 6.15. The maximum absolute atomic E-state index is 5.87. The van der Waals surface area contributed by atoms with Gasteiger partial charge in [0.1, 0.15) is 0 Å². The van der Waals surface area contributed by atoms with Crippen molar-refractivity contribution in [3.05, 3.63) is 23.8 Å². The molecule has 0 amide bonds. The number of allylic oxidation sites excluding steroid dienone is 3. The minimum Gasteiger partial charge on any atom is -0.330 e. The molecule has 0 fully saturated rings. The first kappa shape index (κ1) is 13.1. The van der Waals surface area contributed by atoms with Gasteiger partial charge in [-0.25, -0.2) is 0 Å². The van der Waals surface area contributed by atoms with Crippen LogP contribution in [0.5, 0.6) is 0 Å². The van der Waals surface area contributed by atoms with Gasteiger partial charge in [0.15, 0.2) is 0 Å². The maximum Gasteiger partial charge on any atom is 0.00949 e. The third-order valence-corrected chi connectivity index (χ3v) is 3.20. The molecule has 0 aromatic heterocycles. The second-order valence-corrected chi connectivity index (χ2v) is 4.92. The van der Waals surface area contributed by atoms with Gasteiger partial charge in [0, 0.05) is 6.42 Å². The van der Waals surface area contributed by atoms with Crippen molar-refractivity contribution in [2.45, 2.75) is 33.6 Å². The van der Waals surface area contributed by atoms with Gasteiger partial charge >= 0.3 is 0 Å². The summed E-state index contributed by atoms with van der Waals surface area (Å²) in [6, 6.07) is 0. The highest BCUT2D eigenvalue weighted by Crippen LogP contribution is 2.28. The molecule has 1 heteroatoms. The van der Waals surface area contributed by atoms with Crippen LogP contribution in [-0.2, 0) is 0 Å². The summed E-state index contributed by atoms with van der Waals surface area (Å²) in [5, 5.41) is 0. The summed E-state index contributed by atoms with van der Waals surface area (Å²) in [5.41, 5.74) is 7.25. The molecule has 1 nitrogen and oxygen atoms in total. The second-order valence-electron chi connectivity index (χ2n) is 4.92. The van der Waals surface area contributed by atoms with Gasteiger partial charge < -0.3 is 5.73 Å². The predicted octanol–water partition coefficient (Wildman–Crippen LogP) is 3.13. The molecular formula is C15H23N. The average Bonchev–Trinajstić information content (AvgIpc) is 2.31. The van der Waals surface area contributed by atoms with E-state index in [-0.39, 0.29) is 0 Å². The molecule has 88 valence electrons. The quantitative estimate of drug-likeness (QED) is 0.558. The summed E-state index contributed by atoms with van der Waals surface area (Å²) < 4.78 is 0. The first-order chi connectivity index (χ1) is 7.65. The molecule has 0 heterocycles. The Balaban J connectivity index is 2.93. The highest BCUT2D eigenvalue weighted by atomic mass is 14.6. The molecule has 3 unspecified atom stereocenters. The summed E-state index contributed by atoms with van der Waals surface area (Å²) in [5.74, 6) is 7.89. The monoisotopic (exact) mass is 217 g/mol. The molecule has 0 bridgehead atoms. The van der Waals surface area contributed by atoms with Gasteiger partial charge in [0.2, 0.25) is 0 Å². The van der Waals surface area contributed by atoms with Crippen LogP contribution in [0.1, 0.15) is 33.6 Å². The summed E-state index contributed by atoms with van der Waals surface area (Å²) in [6.45, 7) is 7.34. The van der Waals surface area contributed by atoms with Crippen LogP contribution in [0.25, 0.3) is 0 Å². The van der Waals surface area contributed by atoms with Crippen molar-refractivity contribution < 1.29 is 0 Å². The lowest BCUT2D eigenvalue weighted by molar-refractivity contribution is 0.330. The predicted molar refractivity (Wildman–Crippen MR) is 70.8 cm³/mol. The number of rotatable bonds is 2. The zero-order valence-electron chi connectivity index (χ0n) is 10.7. The van der Waals surface area contributed by atoms with Crippen LogP contribution in [0, 0.1) is 29.6 Å². The lowest BCUT2D eigenvalue weighted by Crippen LogP contribution is -2.25. The van der Waals surface area contributed by atoms with E-state index >= 15 is 0 Å². The van der Waals surface area contributed by atoms with E-state index in [0.29, 0.717) is 24.3 Å². The van der Waals surface area contributed by atoms with Crippen molar-refractivity contribution in [1.29, 1.82) is 0 Å². The van der Waals surface area contributed by atoms with Crippen LogP contribution in [0.15, 0.2) is 23.8 Å². The van der Waals surface area contributed by atoms with Gasteiger partial charge in [-0.05, 0) is 50.6 Å². The Hall–Kier alpha value is -1.00. The van der Waals surface area contributed by atoms with E-state index in [4.69, 9.17) is 5.73 Å². The molecule has 0 saturated carbocycles. The molecule has 2 N–H and O–H groups in total. The smallest absolute Gasteiger partial charge is 0.00949 e. The molecule has 0 aromatic carbocycles. The summed E-state index contributed by atoms with van der Waals surface area (Å²) in [4.78, 5) is 0. The minimum absolute atomic E-state index is 0.428. The van der Waals surface area contributed by atoms with Crippen LogP contribution < -0.4 is 5.73 Å². The Morgan fingerprint density at radius 3 is 2.88 bits per heavy atom. The van der Waals surface area contributed by atoms with Crippen LogP contribution in [0.3, 0.4) is 0 Å². The van der Waals surface area contributed by atoms with E-state index < -0.39 is 0 Å². The standard InChI is InChI=1S/C15H23N/c1-12(2)10-15-13(3)8-6-4-5-7-9-14(15)11-16/h7,9-10,13-15H,6,8,11,16H2,1-3H3/b9-7-. The van der Waals surface area contributed by atoms with E-state index in [9.17, 15) is 0 Å². The normalized spacial score (nSPS) is 31.4. The van der Waals surface area contributed by atoms with Gasteiger partial charge in [-0.1, -0.05) is 36.5 Å². The average molecular weight is 217 g/mol. The van der Waals surface area contributed by atoms with Crippen molar-refractivity contribution >= 4 is 0 Å². The van der Waals surface area contributed by atoms with E-state index in [1.54, 1.807) is 0 Å². The second kappa shape index (κ2) is 6.55. The SMILES string of the molecule is CC(C)=CC1C(C)CCC#C/C=C\C1CN. The molecule has 0 spiro atoms. The van der Waals surface area contributed by atoms with Crippen molar-refractivity contribution in [2.24, 2.45) is 23.5 Å². The highest BCUT2D eigenvalue weighted by molar-refractivity contribution is 5.19. The molecular weight excluding hydrogens is 194 g/mol. The number of hydrogen-bond acceptors (Lipinski definition) is 1. The third kappa shape index (κ3) is 3.87. The largest absolute Gasteiger partial charge is 0.330 e. The highest BCUT2D eigenvalue weighted by Gasteiger charge is 2.22. The van der Waals surface area contributed by atoms with E-state index in [1.165, 1.54) is 12.0 Å². The fourth-order valence-electron chi connectivity index (χ4n) is 2.25. The van der Waals surface area contributed by atoms with E-state index in [0.717, 1.165) is 6.42 Å². The lowest BCUT2D eigenvalue weighted by atomic mass is 9.79. The molecule has 0 aliphatic heterocycles. The van der Waals surface area contributed by atoms with Crippen LogP contribution in [0.2, 0.25) is 0 Å². The molecule has 0 aromatic rings. The summed E-state index contributed by atoms with van der Waals surface area (Å²) >= 11 is 0. The first-order valence-corrected chi connectivity index (χ1v) is 6.15. The van der Waals surface area contributed by atoms with Gasteiger partial charge in [-0.15, -0.1) is 0 Å². The molecule has 0 radical (unpaired) electrons. The van der Waals surface area contributed by atoms with Gasteiger partial charge in [0.25, 0.3) is 0 Å². The molecule has 1 rings (SSSR count). The zero-order chi connectivity index (χ0) is 12.0. The van der Waals surface area contributed by atoms with Crippen molar-refractivity contribution in [3.8, 4) is 11.8 Å². The molecule has 1 aliphatic rings. The minimum atomic E-state index is 0.428. The topological polar surface area (TPSA) is 26.0 Å². The molecule has 3 atom stereocenters. The van der Waals surface area contributed by atoms with Gasteiger partial charge in [0.05, 0.1) is 0 Å². The van der Waals surface area contributed by atoms with E-state index in [1.807, 2.05) is 6.08 Å². The van der Waals surface area contributed by atoms with Crippen LogP contribution >= 0.6 is 0 Å². The molecule has 16 heavy (non-hydrogen) atoms. The Bertz CT molecular complexity index is 323. The summed E-state index contributed by atoms with van der Waals surface area (Å²) in [6.07, 6.45) is 8.69. The van der Waals surface area contributed by atoms with Gasteiger partial charge in [-0.3, -0.25) is 0 Å². The van der Waals surface area contributed by atoms with Crippen LogP contribution in [0.4, 0.5) is 0 Å². The van der Waals surface area contributed by atoms with Crippen LogP contribution in [-0.4, -0.2) is 6.54 Å². The number of hydrogen-bond donors (Lipinski definition) is 1. The lowest BCUT2D eigenvalue weighted by Gasteiger charge is -2.26. The molecule has 1 aliphatic carbocycles. The van der Waals surface area contributed by atoms with E-state index in [2.05, 4.69) is 44.8 Å². The van der Waals surface area contributed by atoms with Crippen molar-refractivity contribution in [3.63, 3.8) is 0 Å². The molecule has 0 saturated heterocycles. The Morgan fingerprint density at radius 1 is 1.50 bits per heavy atom. The summed E-state index contributed by atoms with van der Waals surface area (Å²) in [7, 11) is 0. The fraction of sp³-hybridized carbons (Fsp3) is 0.600. The van der Waals surface area contributed by atoms with Gasteiger partial charge in [-0.2, -0.15) is 0 Å². The zero-order valence-corrected chi connectivity index (χ0v) is 10.7. The van der Waals surface area contributed by atoms with Crippen molar-refractivity contribution in [2.75, 3.05) is 6.54 Å². The fourth-order valence-corrected chi connectivity index (χ4v) is 2.25. The number of nitrogens with two attached hydrogens (primary N) is 1. The third-order valence-electron chi connectivity index (χ3n) is 3.20. The Labute approximate surface area is 99.8 Å². The maximum atomic E-state index is 5.87. The Morgan fingerprint density at radius 2 is 2.25 bits per heavy atom. The van der Waals surface area contributed by atoms with Crippen molar-refractivity contribution in [1.82, 2.24) is 0 Å². The Kier molecular flexibility index (Phi) is 5.35.